The van der Waals surface area contributed by atoms with Crippen molar-refractivity contribution in [2.45, 2.75) is 72.3 Å². The van der Waals surface area contributed by atoms with Crippen molar-refractivity contribution >= 4 is 17.8 Å². The van der Waals surface area contributed by atoms with Gasteiger partial charge in [0.2, 0.25) is 11.7 Å². The third-order valence-electron chi connectivity index (χ3n) is 6.51. The summed E-state index contributed by atoms with van der Waals surface area (Å²) in [6.45, 7) is 8.17. The van der Waals surface area contributed by atoms with Gasteiger partial charge in [-0.15, -0.1) is 0 Å². The second kappa shape index (κ2) is 15.8. The lowest BCUT2D eigenvalue weighted by Gasteiger charge is -2.25. The van der Waals surface area contributed by atoms with Gasteiger partial charge in [-0.2, -0.15) is 0 Å². The fourth-order valence-electron chi connectivity index (χ4n) is 4.51. The molecule has 12 heteroatoms. The first-order chi connectivity index (χ1) is 20.4. The summed E-state index contributed by atoms with van der Waals surface area (Å²) in [5.41, 5.74) is 2.33. The van der Waals surface area contributed by atoms with Crippen LogP contribution in [-0.4, -0.2) is 63.6 Å². The van der Waals surface area contributed by atoms with Gasteiger partial charge >= 0.3 is 11.8 Å². The Morgan fingerprint density at radius 2 is 1.58 bits per heavy atom. The van der Waals surface area contributed by atoms with Crippen molar-refractivity contribution in [3.63, 3.8) is 0 Å². The molecule has 0 radical (unpaired) electrons. The molecule has 232 valence electrons. The molecule has 0 aliphatic heterocycles. The minimum absolute atomic E-state index is 0.0463. The molecule has 2 atom stereocenters. The van der Waals surface area contributed by atoms with Crippen molar-refractivity contribution in [1.29, 1.82) is 0 Å². The van der Waals surface area contributed by atoms with Gasteiger partial charge in [0.1, 0.15) is 18.3 Å². The van der Waals surface area contributed by atoms with Crippen molar-refractivity contribution in [2.75, 3.05) is 14.1 Å². The van der Waals surface area contributed by atoms with E-state index >= 15 is 0 Å². The molecule has 0 aliphatic rings. The quantitative estimate of drug-likeness (QED) is 0.270. The smallest absolute Gasteiger partial charge is 0.442 e. The number of ketones is 1. The number of hydrogen-bond donors (Lipinski definition) is 2. The lowest BCUT2D eigenvalue weighted by Crippen LogP contribution is -2.53. The van der Waals surface area contributed by atoms with Crippen molar-refractivity contribution < 1.29 is 23.6 Å². The van der Waals surface area contributed by atoms with Crippen molar-refractivity contribution in [3.05, 3.63) is 70.3 Å². The molecule has 0 bridgehead atoms. The van der Waals surface area contributed by atoms with Crippen molar-refractivity contribution in [3.8, 4) is 11.5 Å². The number of rotatable bonds is 15. The number of hydrogen-bond acceptors (Lipinski definition) is 9. The molecule has 0 saturated heterocycles. The van der Waals surface area contributed by atoms with Gasteiger partial charge in [0.05, 0.1) is 12.6 Å². The maximum absolute atomic E-state index is 13.4. The van der Waals surface area contributed by atoms with E-state index in [4.69, 9.17) is 9.26 Å². The molecule has 0 unspecified atom stereocenters. The Morgan fingerprint density at radius 3 is 2.19 bits per heavy atom. The number of benzene rings is 1. The summed E-state index contributed by atoms with van der Waals surface area (Å²) in [4.78, 5) is 58.2. The molecular weight excluding hydrogens is 552 g/mol. The van der Waals surface area contributed by atoms with Gasteiger partial charge in [0.25, 0.3) is 0 Å². The standard InChI is InChI=1S/C31H42N6O6/c1-20(2)15-25(27(38)18-37-28(35-43-31(37)41)24-9-7-8-14-32-24)33-29(39)26(16-21(3)4)34-30(40)42-19-23-12-10-22(11-13-23)17-36(5)6/h7-14,20-21,25-26H,15-19H2,1-6H3,(H,33,39)(H,34,40)/t25-,26-/m0/s1. The predicted molar refractivity (Wildman–Crippen MR) is 161 cm³/mol. The Balaban J connectivity index is 1.67. The maximum atomic E-state index is 13.4. The molecule has 12 nitrogen and oxygen atoms in total. The van der Waals surface area contributed by atoms with Crippen LogP contribution in [0.15, 0.2) is 58.0 Å². The number of carbonyl (C=O) groups is 3. The van der Waals surface area contributed by atoms with Gasteiger partial charge in [-0.05, 0) is 62.0 Å². The molecule has 2 aromatic heterocycles. The van der Waals surface area contributed by atoms with Gasteiger partial charge in [-0.3, -0.25) is 19.1 Å². The highest BCUT2D eigenvalue weighted by Crippen LogP contribution is 2.15. The molecule has 2 amide bonds. The van der Waals surface area contributed by atoms with Crippen LogP contribution in [0.2, 0.25) is 0 Å². The number of ether oxygens (including phenoxy) is 1. The SMILES string of the molecule is CC(C)C[C@H](NC(=O)[C@H](CC(C)C)NC(=O)OCc1ccc(CN(C)C)cc1)C(=O)Cn1c(-c2ccccn2)noc1=O. The Bertz CT molecular complexity index is 1400. The monoisotopic (exact) mass is 594 g/mol. The summed E-state index contributed by atoms with van der Waals surface area (Å²) in [6, 6.07) is 11.0. The fraction of sp³-hybridized carbons (Fsp3) is 0.484. The zero-order valence-electron chi connectivity index (χ0n) is 25.7. The average Bonchev–Trinajstić information content (AvgIpc) is 3.31. The van der Waals surface area contributed by atoms with E-state index in [1.807, 2.05) is 66.1 Å². The number of nitrogens with zero attached hydrogens (tertiary/aromatic N) is 4. The topological polar surface area (TPSA) is 149 Å². The van der Waals surface area contributed by atoms with Crippen LogP contribution in [-0.2, 0) is 34.0 Å². The molecule has 43 heavy (non-hydrogen) atoms. The fourth-order valence-corrected chi connectivity index (χ4v) is 4.51. The Labute approximate surface area is 251 Å². The Morgan fingerprint density at radius 1 is 0.930 bits per heavy atom. The lowest BCUT2D eigenvalue weighted by atomic mass is 9.98. The average molecular weight is 595 g/mol. The highest BCUT2D eigenvalue weighted by atomic mass is 16.5. The van der Waals surface area contributed by atoms with Gasteiger partial charge in [-0.25, -0.2) is 14.2 Å². The van der Waals surface area contributed by atoms with Crippen LogP contribution in [0.1, 0.15) is 51.7 Å². The number of nitrogens with one attached hydrogen (secondary N) is 2. The van der Waals surface area contributed by atoms with E-state index in [0.717, 1.165) is 22.2 Å². The summed E-state index contributed by atoms with van der Waals surface area (Å²) in [7, 11) is 3.98. The summed E-state index contributed by atoms with van der Waals surface area (Å²) in [6.07, 6.45) is 1.46. The van der Waals surface area contributed by atoms with Crippen LogP contribution in [0.25, 0.3) is 11.5 Å². The van der Waals surface area contributed by atoms with Gasteiger partial charge in [0, 0.05) is 12.7 Å². The summed E-state index contributed by atoms with van der Waals surface area (Å²) < 4.78 is 11.3. The predicted octanol–water partition coefficient (Wildman–Crippen LogP) is 3.40. The van der Waals surface area contributed by atoms with Gasteiger partial charge in [0.15, 0.2) is 5.78 Å². The van der Waals surface area contributed by atoms with Gasteiger partial charge in [-0.1, -0.05) is 63.2 Å². The van der Waals surface area contributed by atoms with E-state index < -0.39 is 35.6 Å². The Kier molecular flexibility index (Phi) is 12.2. The van der Waals surface area contributed by atoms with E-state index in [-0.39, 0.29) is 30.8 Å². The largest absolute Gasteiger partial charge is 0.445 e. The molecule has 0 aliphatic carbocycles. The van der Waals surface area contributed by atoms with E-state index in [0.29, 0.717) is 18.5 Å². The second-order valence-electron chi connectivity index (χ2n) is 11.7. The first kappa shape index (κ1) is 33.2. The summed E-state index contributed by atoms with van der Waals surface area (Å²) in [5, 5.41) is 9.24. The molecule has 3 aromatic rings. The van der Waals surface area contributed by atoms with E-state index in [9.17, 15) is 19.2 Å². The minimum atomic E-state index is -0.931. The number of amides is 2. The molecule has 1 aromatic carbocycles. The highest BCUT2D eigenvalue weighted by Gasteiger charge is 2.29. The zero-order chi connectivity index (χ0) is 31.5. The van der Waals surface area contributed by atoms with Crippen LogP contribution < -0.4 is 16.4 Å². The zero-order valence-corrected chi connectivity index (χ0v) is 25.7. The molecule has 0 spiro atoms. The van der Waals surface area contributed by atoms with Crippen LogP contribution in [0.3, 0.4) is 0 Å². The second-order valence-corrected chi connectivity index (χ2v) is 11.7. The number of Topliss-reactive ketones (excluding diaryl/α,β-unsaturated/α-hetero) is 1. The lowest BCUT2D eigenvalue weighted by molar-refractivity contribution is -0.129. The molecule has 0 saturated carbocycles. The normalized spacial score (nSPS) is 12.8. The van der Waals surface area contributed by atoms with E-state index in [1.54, 1.807) is 18.2 Å². The molecular formula is C31H42N6O6. The van der Waals surface area contributed by atoms with Crippen LogP contribution in [0.4, 0.5) is 4.79 Å². The van der Waals surface area contributed by atoms with Crippen LogP contribution >= 0.6 is 0 Å². The third-order valence-corrected chi connectivity index (χ3v) is 6.51. The van der Waals surface area contributed by atoms with E-state index in [1.165, 1.54) is 6.20 Å². The van der Waals surface area contributed by atoms with Gasteiger partial charge < -0.3 is 20.3 Å². The molecule has 0 fully saturated rings. The highest BCUT2D eigenvalue weighted by molar-refractivity contribution is 5.92. The maximum Gasteiger partial charge on any atom is 0.442 e. The Hall–Kier alpha value is -4.32. The first-order valence-corrected chi connectivity index (χ1v) is 14.4. The molecule has 3 rings (SSSR count). The number of pyridine rings is 1. The number of carbonyl (C=O) groups excluding carboxylic acids is 3. The number of aromatic nitrogens is 3. The minimum Gasteiger partial charge on any atom is -0.445 e. The summed E-state index contributed by atoms with van der Waals surface area (Å²) >= 11 is 0. The molecule has 2 N–H and O–H groups in total. The van der Waals surface area contributed by atoms with E-state index in [2.05, 4.69) is 25.7 Å². The van der Waals surface area contributed by atoms with Crippen LogP contribution in [0.5, 0.6) is 0 Å². The third kappa shape index (κ3) is 10.5. The summed E-state index contributed by atoms with van der Waals surface area (Å²) in [5.74, 6) is -1.50. The first-order valence-electron chi connectivity index (χ1n) is 14.4. The molecule has 2 heterocycles. The van der Waals surface area contributed by atoms with Crippen molar-refractivity contribution in [2.24, 2.45) is 11.8 Å². The van der Waals surface area contributed by atoms with Crippen LogP contribution in [0, 0.1) is 11.8 Å². The van der Waals surface area contributed by atoms with Crippen molar-refractivity contribution in [1.82, 2.24) is 30.2 Å². The number of alkyl carbamates (subject to hydrolysis) is 1.